The molecular formula is C16H9BrClNO2. The molecule has 0 fully saturated rings. The highest BCUT2D eigenvalue weighted by Gasteiger charge is 2.39. The summed E-state index contributed by atoms with van der Waals surface area (Å²) in [6.45, 7) is 0. The van der Waals surface area contributed by atoms with Gasteiger partial charge in [-0.15, -0.1) is 0 Å². The lowest BCUT2D eigenvalue weighted by Crippen LogP contribution is -2.31. The molecule has 0 saturated heterocycles. The van der Waals surface area contributed by atoms with Gasteiger partial charge in [-0.2, -0.15) is 0 Å². The molecule has 1 heterocycles. The summed E-state index contributed by atoms with van der Waals surface area (Å²) in [6.07, 6.45) is 0. The number of carbonyl (C=O) groups excluding carboxylic acids is 2. The van der Waals surface area contributed by atoms with Gasteiger partial charge in [0.2, 0.25) is 0 Å². The van der Waals surface area contributed by atoms with Crippen LogP contribution in [-0.2, 0) is 9.59 Å². The topological polar surface area (TPSA) is 37.4 Å². The zero-order valence-corrected chi connectivity index (χ0v) is 13.1. The lowest BCUT2D eigenvalue weighted by Gasteiger charge is -2.14. The molecule has 0 spiro atoms. The van der Waals surface area contributed by atoms with Gasteiger partial charge in [0.25, 0.3) is 11.8 Å². The molecule has 1 aliphatic heterocycles. The molecule has 0 bridgehead atoms. The summed E-state index contributed by atoms with van der Waals surface area (Å²) in [7, 11) is 0. The molecule has 0 saturated carbocycles. The molecule has 2 aromatic rings. The van der Waals surface area contributed by atoms with Crippen LogP contribution >= 0.6 is 27.5 Å². The van der Waals surface area contributed by atoms with E-state index in [1.54, 1.807) is 48.5 Å². The van der Waals surface area contributed by atoms with Gasteiger partial charge in [-0.25, -0.2) is 4.90 Å². The molecule has 3 nitrogen and oxygen atoms in total. The minimum absolute atomic E-state index is 0.0471. The number of carbonyl (C=O) groups is 2. The monoisotopic (exact) mass is 361 g/mol. The zero-order valence-electron chi connectivity index (χ0n) is 10.7. The summed E-state index contributed by atoms with van der Waals surface area (Å²) in [4.78, 5) is 25.9. The number of rotatable bonds is 2. The van der Waals surface area contributed by atoms with Crippen LogP contribution in [0.5, 0.6) is 0 Å². The number of nitrogens with zero attached hydrogens (tertiary/aromatic N) is 1. The first-order chi connectivity index (χ1) is 10.1. The Bertz CT molecular complexity index is 754. The van der Waals surface area contributed by atoms with Gasteiger partial charge in [-0.1, -0.05) is 57.9 Å². The summed E-state index contributed by atoms with van der Waals surface area (Å²) < 4.78 is 0.868. The number of imide groups is 1. The third-order valence-electron chi connectivity index (χ3n) is 3.17. The van der Waals surface area contributed by atoms with Crippen LogP contribution in [0.3, 0.4) is 0 Å². The molecule has 5 heteroatoms. The first kappa shape index (κ1) is 14.0. The summed E-state index contributed by atoms with van der Waals surface area (Å²) in [5.41, 5.74) is 1.38. The fourth-order valence-corrected chi connectivity index (χ4v) is 2.72. The molecule has 2 aromatic carbocycles. The molecule has 0 radical (unpaired) electrons. The van der Waals surface area contributed by atoms with Gasteiger partial charge in [-0.05, 0) is 29.8 Å². The van der Waals surface area contributed by atoms with E-state index < -0.39 is 11.8 Å². The molecule has 0 N–H and O–H groups in total. The van der Waals surface area contributed by atoms with Gasteiger partial charge >= 0.3 is 0 Å². The zero-order chi connectivity index (χ0) is 15.0. The maximum absolute atomic E-state index is 12.6. The van der Waals surface area contributed by atoms with Crippen LogP contribution in [0, 0.1) is 0 Å². The van der Waals surface area contributed by atoms with Crippen molar-refractivity contribution in [2.45, 2.75) is 0 Å². The summed E-state index contributed by atoms with van der Waals surface area (Å²) in [6, 6.07) is 15.9. The molecule has 2 amide bonds. The Balaban J connectivity index is 2.04. The number of hydrogen-bond acceptors (Lipinski definition) is 2. The van der Waals surface area contributed by atoms with E-state index in [4.69, 9.17) is 11.6 Å². The highest BCUT2D eigenvalue weighted by Crippen LogP contribution is 2.34. The lowest BCUT2D eigenvalue weighted by molar-refractivity contribution is -0.119. The van der Waals surface area contributed by atoms with Crippen LogP contribution in [0.2, 0.25) is 0 Å². The Morgan fingerprint density at radius 1 is 0.857 bits per heavy atom. The molecular weight excluding hydrogens is 354 g/mol. The smallest absolute Gasteiger partial charge is 0.268 e. The van der Waals surface area contributed by atoms with E-state index in [0.717, 1.165) is 9.37 Å². The van der Waals surface area contributed by atoms with E-state index in [1.165, 1.54) is 0 Å². The van der Waals surface area contributed by atoms with Crippen LogP contribution < -0.4 is 4.90 Å². The van der Waals surface area contributed by atoms with Crippen molar-refractivity contribution in [3.63, 3.8) is 0 Å². The fraction of sp³-hybridized carbons (Fsp3) is 0. The number of amides is 2. The van der Waals surface area contributed by atoms with Gasteiger partial charge in [-0.3, -0.25) is 9.59 Å². The van der Waals surface area contributed by atoms with Gasteiger partial charge in [0.15, 0.2) is 0 Å². The van der Waals surface area contributed by atoms with Gasteiger partial charge in [0.05, 0.1) is 11.3 Å². The minimum atomic E-state index is -0.497. The van der Waals surface area contributed by atoms with Crippen molar-refractivity contribution in [3.8, 4) is 0 Å². The van der Waals surface area contributed by atoms with Crippen molar-refractivity contribution >= 4 is 50.6 Å². The SMILES string of the molecule is O=C1C(Cl)=C(c2ccccc2)C(=O)N1c1ccc(Br)cc1. The predicted octanol–water partition coefficient (Wildman–Crippen LogP) is 3.97. The van der Waals surface area contributed by atoms with E-state index >= 15 is 0 Å². The molecule has 1 aliphatic rings. The van der Waals surface area contributed by atoms with Gasteiger partial charge in [0.1, 0.15) is 5.03 Å². The number of halogens is 2. The van der Waals surface area contributed by atoms with Crippen molar-refractivity contribution in [2.24, 2.45) is 0 Å². The number of anilines is 1. The minimum Gasteiger partial charge on any atom is -0.268 e. The summed E-state index contributed by atoms with van der Waals surface area (Å²) >= 11 is 9.41. The summed E-state index contributed by atoms with van der Waals surface area (Å²) in [5.74, 6) is -0.902. The maximum atomic E-state index is 12.6. The van der Waals surface area contributed by atoms with Gasteiger partial charge in [0, 0.05) is 4.47 Å². The van der Waals surface area contributed by atoms with Crippen LogP contribution in [-0.4, -0.2) is 11.8 Å². The van der Waals surface area contributed by atoms with Gasteiger partial charge < -0.3 is 0 Å². The Morgan fingerprint density at radius 3 is 2.10 bits per heavy atom. The van der Waals surface area contributed by atoms with E-state index in [0.29, 0.717) is 11.3 Å². The van der Waals surface area contributed by atoms with Crippen molar-refractivity contribution < 1.29 is 9.59 Å². The Hall–Kier alpha value is -1.91. The summed E-state index contributed by atoms with van der Waals surface area (Å²) in [5, 5.41) is -0.0471. The highest BCUT2D eigenvalue weighted by molar-refractivity contribution is 9.10. The maximum Gasteiger partial charge on any atom is 0.277 e. The van der Waals surface area contributed by atoms with Crippen molar-refractivity contribution in [1.29, 1.82) is 0 Å². The third kappa shape index (κ3) is 2.41. The second kappa shape index (κ2) is 5.47. The molecule has 0 aromatic heterocycles. The quantitative estimate of drug-likeness (QED) is 0.758. The second-order valence-electron chi connectivity index (χ2n) is 4.48. The second-order valence-corrected chi connectivity index (χ2v) is 5.77. The molecule has 21 heavy (non-hydrogen) atoms. The molecule has 0 unspecified atom stereocenters. The van der Waals surface area contributed by atoms with E-state index in [2.05, 4.69) is 15.9 Å². The number of hydrogen-bond donors (Lipinski definition) is 0. The van der Waals surface area contributed by atoms with Crippen molar-refractivity contribution in [2.75, 3.05) is 4.90 Å². The first-order valence-electron chi connectivity index (χ1n) is 6.19. The van der Waals surface area contributed by atoms with Crippen LogP contribution in [0.4, 0.5) is 5.69 Å². The average Bonchev–Trinajstić information content (AvgIpc) is 2.72. The molecule has 104 valence electrons. The van der Waals surface area contributed by atoms with Crippen molar-refractivity contribution in [1.82, 2.24) is 0 Å². The Kier molecular flexibility index (Phi) is 3.66. The average molecular weight is 363 g/mol. The molecule has 3 rings (SSSR count). The normalized spacial score (nSPS) is 15.0. The first-order valence-corrected chi connectivity index (χ1v) is 7.36. The van der Waals surface area contributed by atoms with E-state index in [9.17, 15) is 9.59 Å². The van der Waals surface area contributed by atoms with E-state index in [-0.39, 0.29) is 10.6 Å². The molecule has 0 aliphatic carbocycles. The number of benzene rings is 2. The van der Waals surface area contributed by atoms with Crippen LogP contribution in [0.15, 0.2) is 64.1 Å². The van der Waals surface area contributed by atoms with E-state index in [1.807, 2.05) is 6.07 Å². The standard InChI is InChI=1S/C16H9BrClNO2/c17-11-6-8-12(9-7-11)19-15(20)13(14(18)16(19)21)10-4-2-1-3-5-10/h1-9H. The Morgan fingerprint density at radius 2 is 1.48 bits per heavy atom. The predicted molar refractivity (Wildman–Crippen MR) is 85.9 cm³/mol. The van der Waals surface area contributed by atoms with Crippen molar-refractivity contribution in [3.05, 3.63) is 69.7 Å². The third-order valence-corrected chi connectivity index (χ3v) is 4.05. The van der Waals surface area contributed by atoms with Crippen LogP contribution in [0.1, 0.15) is 5.56 Å². The lowest BCUT2D eigenvalue weighted by atomic mass is 10.1. The highest BCUT2D eigenvalue weighted by atomic mass is 79.9. The fourth-order valence-electron chi connectivity index (χ4n) is 2.18. The molecule has 0 atom stereocenters. The van der Waals surface area contributed by atoms with Crippen LogP contribution in [0.25, 0.3) is 5.57 Å². The Labute approximate surface area is 135 Å². The largest absolute Gasteiger partial charge is 0.277 e.